The number of pyridine rings is 1. The van der Waals surface area contributed by atoms with E-state index < -0.39 is 12.0 Å². The Kier molecular flexibility index (Phi) is 3.10. The van der Waals surface area contributed by atoms with Crippen LogP contribution in [0.3, 0.4) is 0 Å². The van der Waals surface area contributed by atoms with Crippen LogP contribution in [0, 0.1) is 0 Å². The zero-order valence-electron chi connectivity index (χ0n) is 10.8. The van der Waals surface area contributed by atoms with E-state index in [1.165, 1.54) is 4.90 Å². The molecule has 20 heavy (non-hydrogen) atoms. The number of carbonyl (C=O) groups excluding carboxylic acids is 1. The summed E-state index contributed by atoms with van der Waals surface area (Å²) in [7, 11) is 0. The van der Waals surface area contributed by atoms with Crippen LogP contribution >= 0.6 is 0 Å². The fourth-order valence-corrected chi connectivity index (χ4v) is 2.61. The number of likely N-dealkylation sites (tertiary alicyclic amines) is 1. The van der Waals surface area contributed by atoms with Crippen molar-refractivity contribution >= 4 is 22.6 Å². The number of benzene rings is 1. The molecule has 5 heteroatoms. The third kappa shape index (κ3) is 2.11. The minimum Gasteiger partial charge on any atom is -0.480 e. The number of nitrogens with zero attached hydrogens (tertiary/aromatic N) is 2. The number of aliphatic carboxylic acids is 1. The minimum atomic E-state index is -0.948. The highest BCUT2D eigenvalue weighted by Crippen LogP contribution is 2.21. The number of fused-ring (bicyclic) bond motifs is 1. The van der Waals surface area contributed by atoms with Crippen molar-refractivity contribution in [1.29, 1.82) is 0 Å². The minimum absolute atomic E-state index is 0.303. The van der Waals surface area contributed by atoms with Crippen LogP contribution in [0.25, 0.3) is 10.8 Å². The number of carboxylic acid groups (broad SMARTS) is 1. The summed E-state index contributed by atoms with van der Waals surface area (Å²) < 4.78 is 0. The molecule has 1 unspecified atom stereocenters. The Hall–Kier alpha value is -2.43. The summed E-state index contributed by atoms with van der Waals surface area (Å²) in [4.78, 5) is 29.1. The molecule has 1 aromatic heterocycles. The van der Waals surface area contributed by atoms with Crippen molar-refractivity contribution in [2.75, 3.05) is 6.54 Å². The SMILES string of the molecule is O=C(O)C1CCCN1C(=O)c1cc2ccccc2cn1. The predicted octanol–water partition coefficient (Wildman–Crippen LogP) is 1.92. The van der Waals surface area contributed by atoms with Gasteiger partial charge in [-0.25, -0.2) is 4.79 Å². The third-order valence-corrected chi connectivity index (χ3v) is 3.65. The van der Waals surface area contributed by atoms with E-state index in [0.717, 1.165) is 17.2 Å². The van der Waals surface area contributed by atoms with Crippen molar-refractivity contribution in [3.63, 3.8) is 0 Å². The van der Waals surface area contributed by atoms with Crippen LogP contribution in [0.1, 0.15) is 23.3 Å². The molecule has 5 nitrogen and oxygen atoms in total. The molecule has 0 saturated carbocycles. The van der Waals surface area contributed by atoms with Gasteiger partial charge in [0.2, 0.25) is 0 Å². The van der Waals surface area contributed by atoms with E-state index in [0.29, 0.717) is 18.7 Å². The molecule has 0 aliphatic carbocycles. The molecule has 1 N–H and O–H groups in total. The van der Waals surface area contributed by atoms with Gasteiger partial charge >= 0.3 is 5.97 Å². The second kappa shape index (κ2) is 4.92. The molecule has 0 bridgehead atoms. The molecule has 2 heterocycles. The fraction of sp³-hybridized carbons (Fsp3) is 0.267. The number of carbonyl (C=O) groups is 2. The monoisotopic (exact) mass is 270 g/mol. The Balaban J connectivity index is 1.94. The van der Waals surface area contributed by atoms with Gasteiger partial charge in [0.25, 0.3) is 5.91 Å². The summed E-state index contributed by atoms with van der Waals surface area (Å²) in [5, 5.41) is 11.0. The van der Waals surface area contributed by atoms with Gasteiger partial charge in [0.15, 0.2) is 0 Å². The third-order valence-electron chi connectivity index (χ3n) is 3.65. The molecule has 3 rings (SSSR count). The lowest BCUT2D eigenvalue weighted by Crippen LogP contribution is -2.40. The van der Waals surface area contributed by atoms with Crippen LogP contribution in [-0.4, -0.2) is 39.5 Å². The van der Waals surface area contributed by atoms with Gasteiger partial charge in [-0.05, 0) is 24.3 Å². The average molecular weight is 270 g/mol. The van der Waals surface area contributed by atoms with Gasteiger partial charge in [-0.15, -0.1) is 0 Å². The quantitative estimate of drug-likeness (QED) is 0.905. The van der Waals surface area contributed by atoms with E-state index in [9.17, 15) is 9.59 Å². The fourth-order valence-electron chi connectivity index (χ4n) is 2.61. The number of hydrogen-bond donors (Lipinski definition) is 1. The number of aromatic nitrogens is 1. The maximum absolute atomic E-state index is 12.4. The molecule has 1 saturated heterocycles. The predicted molar refractivity (Wildman–Crippen MR) is 73.4 cm³/mol. The zero-order chi connectivity index (χ0) is 14.1. The largest absolute Gasteiger partial charge is 0.480 e. The molecule has 1 aliphatic heterocycles. The smallest absolute Gasteiger partial charge is 0.326 e. The van der Waals surface area contributed by atoms with Crippen molar-refractivity contribution in [3.05, 3.63) is 42.2 Å². The van der Waals surface area contributed by atoms with Gasteiger partial charge in [0.05, 0.1) is 0 Å². The van der Waals surface area contributed by atoms with Crippen molar-refractivity contribution in [1.82, 2.24) is 9.88 Å². The van der Waals surface area contributed by atoms with Gasteiger partial charge in [0.1, 0.15) is 11.7 Å². The zero-order valence-corrected chi connectivity index (χ0v) is 10.8. The van der Waals surface area contributed by atoms with Gasteiger partial charge in [0, 0.05) is 18.1 Å². The number of rotatable bonds is 2. The highest BCUT2D eigenvalue weighted by atomic mass is 16.4. The van der Waals surface area contributed by atoms with E-state index in [4.69, 9.17) is 5.11 Å². The first-order chi connectivity index (χ1) is 9.66. The standard InChI is InChI=1S/C15H14N2O3/c18-14(17-7-3-6-13(17)15(19)20)12-8-10-4-1-2-5-11(10)9-16-12/h1-2,4-5,8-9,13H,3,6-7H2,(H,19,20). The first-order valence-electron chi connectivity index (χ1n) is 6.55. The Morgan fingerprint density at radius 1 is 1.25 bits per heavy atom. The number of hydrogen-bond acceptors (Lipinski definition) is 3. The van der Waals surface area contributed by atoms with Crippen LogP contribution < -0.4 is 0 Å². The second-order valence-corrected chi connectivity index (χ2v) is 4.91. The molecule has 1 aromatic carbocycles. The molecule has 1 amide bonds. The van der Waals surface area contributed by atoms with E-state index >= 15 is 0 Å². The lowest BCUT2D eigenvalue weighted by atomic mass is 10.1. The normalized spacial score (nSPS) is 18.4. The van der Waals surface area contributed by atoms with Crippen molar-refractivity contribution < 1.29 is 14.7 Å². The highest BCUT2D eigenvalue weighted by molar-refractivity contribution is 5.98. The van der Waals surface area contributed by atoms with E-state index in [-0.39, 0.29) is 5.91 Å². The maximum Gasteiger partial charge on any atom is 0.326 e. The van der Waals surface area contributed by atoms with Crippen molar-refractivity contribution in [2.24, 2.45) is 0 Å². The topological polar surface area (TPSA) is 70.5 Å². The molecular formula is C15H14N2O3. The van der Waals surface area contributed by atoms with Gasteiger partial charge < -0.3 is 10.0 Å². The Morgan fingerprint density at radius 3 is 2.75 bits per heavy atom. The second-order valence-electron chi connectivity index (χ2n) is 4.91. The first-order valence-corrected chi connectivity index (χ1v) is 6.55. The van der Waals surface area contributed by atoms with Crippen LogP contribution in [0.4, 0.5) is 0 Å². The van der Waals surface area contributed by atoms with Gasteiger partial charge in [-0.2, -0.15) is 0 Å². The highest BCUT2D eigenvalue weighted by Gasteiger charge is 2.34. The van der Waals surface area contributed by atoms with Crippen LogP contribution in [-0.2, 0) is 4.79 Å². The molecule has 1 atom stereocenters. The average Bonchev–Trinajstić information content (AvgIpc) is 2.95. The molecular weight excluding hydrogens is 256 g/mol. The molecule has 0 radical (unpaired) electrons. The van der Waals surface area contributed by atoms with Gasteiger partial charge in [-0.1, -0.05) is 24.3 Å². The molecule has 1 aliphatic rings. The molecule has 2 aromatic rings. The lowest BCUT2D eigenvalue weighted by Gasteiger charge is -2.20. The molecule has 102 valence electrons. The summed E-state index contributed by atoms with van der Waals surface area (Å²) in [6, 6.07) is 8.63. The number of carboxylic acids is 1. The Morgan fingerprint density at radius 2 is 2.00 bits per heavy atom. The summed E-state index contributed by atoms with van der Waals surface area (Å²) in [6.45, 7) is 0.476. The Bertz CT molecular complexity index is 684. The summed E-state index contributed by atoms with van der Waals surface area (Å²) in [5.74, 6) is -1.25. The summed E-state index contributed by atoms with van der Waals surface area (Å²) in [6.07, 6.45) is 2.87. The van der Waals surface area contributed by atoms with Crippen LogP contribution in [0.2, 0.25) is 0 Å². The van der Waals surface area contributed by atoms with E-state index in [2.05, 4.69) is 4.98 Å². The van der Waals surface area contributed by atoms with Crippen molar-refractivity contribution in [2.45, 2.75) is 18.9 Å². The van der Waals surface area contributed by atoms with Crippen molar-refractivity contribution in [3.8, 4) is 0 Å². The molecule has 0 spiro atoms. The lowest BCUT2D eigenvalue weighted by molar-refractivity contribution is -0.141. The van der Waals surface area contributed by atoms with Crippen LogP contribution in [0.15, 0.2) is 36.5 Å². The number of amides is 1. The maximum atomic E-state index is 12.4. The van der Waals surface area contributed by atoms with E-state index in [1.54, 1.807) is 12.3 Å². The van der Waals surface area contributed by atoms with Gasteiger partial charge in [-0.3, -0.25) is 9.78 Å². The summed E-state index contributed by atoms with van der Waals surface area (Å²) in [5.41, 5.74) is 0.303. The Labute approximate surface area is 115 Å². The first kappa shape index (κ1) is 12.6. The summed E-state index contributed by atoms with van der Waals surface area (Å²) >= 11 is 0. The van der Waals surface area contributed by atoms with Crippen LogP contribution in [0.5, 0.6) is 0 Å². The van der Waals surface area contributed by atoms with E-state index in [1.807, 2.05) is 24.3 Å². The molecule has 1 fully saturated rings.